The third-order valence-corrected chi connectivity index (χ3v) is 4.24. The van der Waals surface area contributed by atoms with Gasteiger partial charge in [-0.25, -0.2) is 0 Å². The second-order valence-corrected chi connectivity index (χ2v) is 6.12. The van der Waals surface area contributed by atoms with Crippen LogP contribution in [0.5, 0.6) is 0 Å². The van der Waals surface area contributed by atoms with Crippen LogP contribution in [0.3, 0.4) is 0 Å². The molecule has 1 aliphatic rings. The normalized spacial score (nSPS) is 18.6. The summed E-state index contributed by atoms with van der Waals surface area (Å²) in [5.41, 5.74) is 0.976. The minimum Gasteiger partial charge on any atom is -0.355 e. The van der Waals surface area contributed by atoms with E-state index in [1.807, 2.05) is 27.0 Å². The minimum atomic E-state index is -0.585. The monoisotopic (exact) mass is 324 g/mol. The number of aldehydes is 1. The Balaban J connectivity index is 2.41. The molecule has 0 atom stereocenters. The van der Waals surface area contributed by atoms with E-state index in [0.29, 0.717) is 12.1 Å². The molecule has 0 bridgehead atoms. The summed E-state index contributed by atoms with van der Waals surface area (Å²) in [4.78, 5) is 26.9. The van der Waals surface area contributed by atoms with Crippen molar-refractivity contribution in [3.8, 4) is 0 Å². The zero-order chi connectivity index (χ0) is 14.2. The van der Waals surface area contributed by atoms with Gasteiger partial charge < -0.3 is 9.80 Å². The summed E-state index contributed by atoms with van der Waals surface area (Å²) in [6, 6.07) is 5.43. The standard InChI is InChI=1S/C14H17BrN2O2/c1-14(2)13(19)16(3)6-7-17(14)12-5-4-10(9-18)8-11(12)15/h4-5,8-9H,6-7H2,1-3H3. The number of nitrogens with zero attached hydrogens (tertiary/aromatic N) is 2. The molecular weight excluding hydrogens is 308 g/mol. The van der Waals surface area contributed by atoms with Gasteiger partial charge in [0.15, 0.2) is 0 Å². The molecule has 2 rings (SSSR count). The van der Waals surface area contributed by atoms with Crippen LogP contribution in [-0.2, 0) is 4.79 Å². The van der Waals surface area contributed by atoms with E-state index in [9.17, 15) is 9.59 Å². The molecule has 1 aromatic rings. The topological polar surface area (TPSA) is 40.6 Å². The molecule has 102 valence electrons. The van der Waals surface area contributed by atoms with Crippen molar-refractivity contribution in [1.29, 1.82) is 0 Å². The molecule has 1 fully saturated rings. The van der Waals surface area contributed by atoms with Crippen LogP contribution in [0, 0.1) is 0 Å². The lowest BCUT2D eigenvalue weighted by Gasteiger charge is -2.46. The third kappa shape index (κ3) is 2.39. The van der Waals surface area contributed by atoms with E-state index in [-0.39, 0.29) is 5.91 Å². The summed E-state index contributed by atoms with van der Waals surface area (Å²) in [6.07, 6.45) is 0.814. The number of anilines is 1. The number of halogens is 1. The van der Waals surface area contributed by atoms with Crippen molar-refractivity contribution in [1.82, 2.24) is 4.90 Å². The van der Waals surface area contributed by atoms with Crippen molar-refractivity contribution in [3.05, 3.63) is 28.2 Å². The van der Waals surface area contributed by atoms with Gasteiger partial charge in [-0.05, 0) is 48.0 Å². The summed E-state index contributed by atoms with van der Waals surface area (Å²) in [7, 11) is 1.83. The van der Waals surface area contributed by atoms with Gasteiger partial charge in [-0.15, -0.1) is 0 Å². The smallest absolute Gasteiger partial charge is 0.247 e. The number of hydrogen-bond donors (Lipinski definition) is 0. The predicted octanol–water partition coefficient (Wildman–Crippen LogP) is 2.32. The first-order valence-electron chi connectivity index (χ1n) is 6.16. The molecule has 5 heteroatoms. The van der Waals surface area contributed by atoms with Gasteiger partial charge in [-0.1, -0.05) is 0 Å². The molecule has 19 heavy (non-hydrogen) atoms. The van der Waals surface area contributed by atoms with E-state index in [1.165, 1.54) is 0 Å². The Morgan fingerprint density at radius 2 is 2.00 bits per heavy atom. The van der Waals surface area contributed by atoms with Gasteiger partial charge in [0.1, 0.15) is 11.8 Å². The highest BCUT2D eigenvalue weighted by molar-refractivity contribution is 9.10. The molecule has 0 spiro atoms. The van der Waals surface area contributed by atoms with Crippen molar-refractivity contribution in [2.45, 2.75) is 19.4 Å². The number of hydrogen-bond acceptors (Lipinski definition) is 3. The summed E-state index contributed by atoms with van der Waals surface area (Å²) < 4.78 is 0.836. The summed E-state index contributed by atoms with van der Waals surface area (Å²) in [5, 5.41) is 0. The van der Waals surface area contributed by atoms with Crippen LogP contribution in [0.15, 0.2) is 22.7 Å². The molecule has 0 N–H and O–H groups in total. The number of piperazine rings is 1. The van der Waals surface area contributed by atoms with Gasteiger partial charge in [0.25, 0.3) is 0 Å². The maximum absolute atomic E-state index is 12.3. The Bertz CT molecular complexity index is 528. The first kappa shape index (κ1) is 14.1. The fourth-order valence-electron chi connectivity index (χ4n) is 2.45. The highest BCUT2D eigenvalue weighted by Crippen LogP contribution is 2.34. The highest BCUT2D eigenvalue weighted by atomic mass is 79.9. The van der Waals surface area contributed by atoms with Crippen molar-refractivity contribution in [2.24, 2.45) is 0 Å². The maximum Gasteiger partial charge on any atom is 0.247 e. The Labute approximate surface area is 121 Å². The van der Waals surface area contributed by atoms with Crippen LogP contribution >= 0.6 is 15.9 Å². The molecule has 4 nitrogen and oxygen atoms in total. The van der Waals surface area contributed by atoms with E-state index >= 15 is 0 Å². The molecule has 0 radical (unpaired) electrons. The molecule has 1 heterocycles. The minimum absolute atomic E-state index is 0.102. The zero-order valence-electron chi connectivity index (χ0n) is 11.3. The van der Waals surface area contributed by atoms with Crippen molar-refractivity contribution >= 4 is 33.8 Å². The second-order valence-electron chi connectivity index (χ2n) is 5.27. The largest absolute Gasteiger partial charge is 0.355 e. The number of carbonyl (C=O) groups is 2. The van der Waals surface area contributed by atoms with Crippen molar-refractivity contribution < 1.29 is 9.59 Å². The van der Waals surface area contributed by atoms with Gasteiger partial charge in [0.05, 0.1) is 5.69 Å². The third-order valence-electron chi connectivity index (χ3n) is 3.60. The van der Waals surface area contributed by atoms with E-state index in [0.717, 1.165) is 23.0 Å². The van der Waals surface area contributed by atoms with Gasteiger partial charge in [-0.2, -0.15) is 0 Å². The quantitative estimate of drug-likeness (QED) is 0.784. The van der Waals surface area contributed by atoms with Crippen molar-refractivity contribution in [2.75, 3.05) is 25.0 Å². The number of carbonyl (C=O) groups excluding carboxylic acids is 2. The SMILES string of the molecule is CN1CCN(c2ccc(C=O)cc2Br)C(C)(C)C1=O. The number of benzene rings is 1. The summed E-state index contributed by atoms with van der Waals surface area (Å²) >= 11 is 3.48. The van der Waals surface area contributed by atoms with Crippen LogP contribution in [0.2, 0.25) is 0 Å². The van der Waals surface area contributed by atoms with Crippen LogP contribution in [0.25, 0.3) is 0 Å². The van der Waals surface area contributed by atoms with E-state index < -0.39 is 5.54 Å². The Morgan fingerprint density at radius 1 is 1.32 bits per heavy atom. The Hall–Kier alpha value is -1.36. The average molecular weight is 325 g/mol. The van der Waals surface area contributed by atoms with Crippen molar-refractivity contribution in [3.63, 3.8) is 0 Å². The molecule has 0 saturated carbocycles. The maximum atomic E-state index is 12.3. The van der Waals surface area contributed by atoms with Gasteiger partial charge in [-0.3, -0.25) is 9.59 Å². The molecule has 1 aliphatic heterocycles. The zero-order valence-corrected chi connectivity index (χ0v) is 12.9. The number of amides is 1. The van der Waals surface area contributed by atoms with Gasteiger partial charge >= 0.3 is 0 Å². The van der Waals surface area contributed by atoms with Crippen LogP contribution in [0.1, 0.15) is 24.2 Å². The Kier molecular flexibility index (Phi) is 3.67. The molecule has 1 saturated heterocycles. The molecule has 0 aliphatic carbocycles. The van der Waals surface area contributed by atoms with E-state index in [2.05, 4.69) is 20.8 Å². The fraction of sp³-hybridized carbons (Fsp3) is 0.429. The number of likely N-dealkylation sites (N-methyl/N-ethyl adjacent to an activating group) is 1. The summed E-state index contributed by atoms with van der Waals surface area (Å²) in [5.74, 6) is 0.102. The predicted molar refractivity (Wildman–Crippen MR) is 78.6 cm³/mol. The van der Waals surface area contributed by atoms with E-state index in [1.54, 1.807) is 17.0 Å². The van der Waals surface area contributed by atoms with Gasteiger partial charge in [0.2, 0.25) is 5.91 Å². The number of rotatable bonds is 2. The molecule has 0 aromatic heterocycles. The van der Waals surface area contributed by atoms with E-state index in [4.69, 9.17) is 0 Å². The van der Waals surface area contributed by atoms with Crippen LogP contribution < -0.4 is 4.90 Å². The lowest BCUT2D eigenvalue weighted by molar-refractivity contribution is -0.136. The Morgan fingerprint density at radius 3 is 2.58 bits per heavy atom. The average Bonchev–Trinajstić information content (AvgIpc) is 2.37. The van der Waals surface area contributed by atoms with Gasteiger partial charge in [0, 0.05) is 30.2 Å². The second kappa shape index (κ2) is 4.96. The summed E-state index contributed by atoms with van der Waals surface area (Å²) in [6.45, 7) is 5.31. The highest BCUT2D eigenvalue weighted by Gasteiger charge is 2.41. The first-order chi connectivity index (χ1) is 8.87. The lowest BCUT2D eigenvalue weighted by Crippen LogP contribution is -2.62. The first-order valence-corrected chi connectivity index (χ1v) is 6.95. The fourth-order valence-corrected chi connectivity index (χ4v) is 3.06. The molecule has 1 amide bonds. The molecule has 1 aromatic carbocycles. The van der Waals surface area contributed by atoms with Crippen LogP contribution in [-0.4, -0.2) is 42.8 Å². The van der Waals surface area contributed by atoms with Crippen LogP contribution in [0.4, 0.5) is 5.69 Å². The molecule has 0 unspecified atom stereocenters. The molecular formula is C14H17BrN2O2. The lowest BCUT2D eigenvalue weighted by atomic mass is 9.96.